The van der Waals surface area contributed by atoms with E-state index in [4.69, 9.17) is 4.74 Å². The van der Waals surface area contributed by atoms with Gasteiger partial charge in [-0.25, -0.2) is 0 Å². The van der Waals surface area contributed by atoms with Crippen molar-refractivity contribution in [2.24, 2.45) is 5.92 Å². The predicted octanol–water partition coefficient (Wildman–Crippen LogP) is 2.27. The molecule has 4 rings (SSSR count). The van der Waals surface area contributed by atoms with Gasteiger partial charge in [-0.3, -0.25) is 4.79 Å². The van der Waals surface area contributed by atoms with E-state index in [0.29, 0.717) is 24.1 Å². The zero-order valence-electron chi connectivity index (χ0n) is 13.4. The lowest BCUT2D eigenvalue weighted by Crippen LogP contribution is -2.59. The Balaban J connectivity index is 1.94. The highest BCUT2D eigenvalue weighted by Crippen LogP contribution is 2.59. The minimum absolute atomic E-state index is 0.170. The number of nitrogens with zero attached hydrogens (tertiary/aromatic N) is 1. The number of benzene rings is 1. The number of rotatable bonds is 2. The number of Topliss-reactive ketones (excluding diaryl/α,β-unsaturated/α-hetero) is 1. The van der Waals surface area contributed by atoms with Crippen LogP contribution in [-0.2, 0) is 16.6 Å². The number of phenolic OH excluding ortho intramolecular Hbond substituents is 1. The fourth-order valence-electron chi connectivity index (χ4n) is 5.03. The molecule has 0 aromatic heterocycles. The summed E-state index contributed by atoms with van der Waals surface area (Å²) in [6.07, 6.45) is 2.04. The molecule has 0 saturated heterocycles. The standard InChI is InChI=1S/C18H23NO3/c1-4-19(3)12-9-10-5-7-13(20)16-15(10)18(2)11(12)6-8-14(21)17(18)22-16/h5,7,11-12,17,20H,4,6,8-9H2,1-3H3/t11?,12-,17+,18+/m1/s1. The Morgan fingerprint density at radius 1 is 1.45 bits per heavy atom. The molecule has 118 valence electrons. The van der Waals surface area contributed by atoms with E-state index in [9.17, 15) is 9.90 Å². The maximum Gasteiger partial charge on any atom is 0.174 e. The molecule has 1 aromatic carbocycles. The monoisotopic (exact) mass is 301 g/mol. The molecule has 0 amide bonds. The lowest BCUT2D eigenvalue weighted by atomic mass is 9.55. The van der Waals surface area contributed by atoms with Gasteiger partial charge in [-0.1, -0.05) is 19.9 Å². The van der Waals surface area contributed by atoms with Gasteiger partial charge in [0, 0.05) is 23.4 Å². The second kappa shape index (κ2) is 4.48. The van der Waals surface area contributed by atoms with Crippen molar-refractivity contribution in [3.63, 3.8) is 0 Å². The zero-order valence-corrected chi connectivity index (χ0v) is 13.4. The average Bonchev–Trinajstić information content (AvgIpc) is 2.83. The van der Waals surface area contributed by atoms with Crippen LogP contribution in [0.25, 0.3) is 0 Å². The minimum Gasteiger partial charge on any atom is -0.504 e. The molecule has 2 aliphatic carbocycles. The Morgan fingerprint density at radius 2 is 2.23 bits per heavy atom. The van der Waals surface area contributed by atoms with Crippen molar-refractivity contribution in [1.82, 2.24) is 4.90 Å². The van der Waals surface area contributed by atoms with E-state index < -0.39 is 6.10 Å². The molecule has 1 fully saturated rings. The first kappa shape index (κ1) is 14.1. The van der Waals surface area contributed by atoms with Crippen LogP contribution in [0.4, 0.5) is 0 Å². The molecule has 1 saturated carbocycles. The van der Waals surface area contributed by atoms with Gasteiger partial charge in [0.2, 0.25) is 0 Å². The number of carbonyl (C=O) groups excluding carboxylic acids is 1. The molecular weight excluding hydrogens is 278 g/mol. The molecule has 1 N–H and O–H groups in total. The average molecular weight is 301 g/mol. The van der Waals surface area contributed by atoms with Crippen molar-refractivity contribution < 1.29 is 14.6 Å². The molecule has 1 aliphatic heterocycles. The van der Waals surface area contributed by atoms with Crippen LogP contribution in [0.2, 0.25) is 0 Å². The number of hydrogen-bond acceptors (Lipinski definition) is 4. The third-order valence-electron chi connectivity index (χ3n) is 6.27. The van der Waals surface area contributed by atoms with Crippen molar-refractivity contribution >= 4 is 5.78 Å². The van der Waals surface area contributed by atoms with Gasteiger partial charge in [-0.2, -0.15) is 0 Å². The maximum absolute atomic E-state index is 12.5. The molecule has 0 radical (unpaired) electrons. The molecule has 4 heteroatoms. The number of ketones is 1. The summed E-state index contributed by atoms with van der Waals surface area (Å²) in [4.78, 5) is 14.9. The summed E-state index contributed by atoms with van der Waals surface area (Å²) in [6.45, 7) is 5.34. The van der Waals surface area contributed by atoms with Crippen LogP contribution >= 0.6 is 0 Å². The van der Waals surface area contributed by atoms with Crippen molar-refractivity contribution in [3.05, 3.63) is 23.3 Å². The number of ether oxygens (including phenoxy) is 1. The third-order valence-corrected chi connectivity index (χ3v) is 6.27. The normalized spacial score (nSPS) is 35.5. The highest BCUT2D eigenvalue weighted by molar-refractivity contribution is 5.88. The number of likely N-dealkylation sites (N-methyl/N-ethyl adjacent to an activating group) is 1. The van der Waals surface area contributed by atoms with E-state index in [2.05, 4.69) is 25.8 Å². The Hall–Kier alpha value is -1.55. The van der Waals surface area contributed by atoms with Crippen LogP contribution in [0.1, 0.15) is 37.8 Å². The molecular formula is C18H23NO3. The topological polar surface area (TPSA) is 49.8 Å². The van der Waals surface area contributed by atoms with E-state index in [0.717, 1.165) is 24.9 Å². The Morgan fingerprint density at radius 3 is 2.95 bits per heavy atom. The minimum atomic E-state index is -0.429. The van der Waals surface area contributed by atoms with E-state index in [1.165, 1.54) is 5.56 Å². The first-order valence-electron chi connectivity index (χ1n) is 8.23. The van der Waals surface area contributed by atoms with E-state index >= 15 is 0 Å². The van der Waals surface area contributed by atoms with Crippen LogP contribution in [0, 0.1) is 5.92 Å². The van der Waals surface area contributed by atoms with Crippen molar-refractivity contribution in [3.8, 4) is 11.5 Å². The van der Waals surface area contributed by atoms with Gasteiger partial charge < -0.3 is 14.7 Å². The fourth-order valence-corrected chi connectivity index (χ4v) is 5.03. The fraction of sp³-hybridized carbons (Fsp3) is 0.611. The quantitative estimate of drug-likeness (QED) is 0.910. The summed E-state index contributed by atoms with van der Waals surface area (Å²) in [7, 11) is 2.17. The molecule has 0 spiro atoms. The SMILES string of the molecule is CCN(C)[C@@H]1Cc2ccc(O)c3c2[C@]2(C)C1CCC(=O)[C@@H]2O3. The number of carbonyl (C=O) groups is 1. The molecule has 1 unspecified atom stereocenters. The van der Waals surface area contributed by atoms with Crippen LogP contribution in [0.3, 0.4) is 0 Å². The number of hydrogen-bond donors (Lipinski definition) is 1. The van der Waals surface area contributed by atoms with Gasteiger partial charge in [0.25, 0.3) is 0 Å². The molecule has 22 heavy (non-hydrogen) atoms. The van der Waals surface area contributed by atoms with E-state index in [1.54, 1.807) is 6.07 Å². The van der Waals surface area contributed by atoms with Gasteiger partial charge in [0.15, 0.2) is 23.4 Å². The molecule has 3 aliphatic rings. The Kier molecular flexibility index (Phi) is 2.86. The molecule has 1 heterocycles. The van der Waals surface area contributed by atoms with E-state index in [1.807, 2.05) is 6.07 Å². The molecule has 0 bridgehead atoms. The van der Waals surface area contributed by atoms with Gasteiger partial charge in [0.1, 0.15) is 0 Å². The van der Waals surface area contributed by atoms with Crippen LogP contribution < -0.4 is 4.74 Å². The zero-order chi connectivity index (χ0) is 15.6. The summed E-state index contributed by atoms with van der Waals surface area (Å²) in [5.41, 5.74) is 2.02. The van der Waals surface area contributed by atoms with Gasteiger partial charge in [-0.15, -0.1) is 0 Å². The highest BCUT2D eigenvalue weighted by Gasteiger charge is 2.61. The molecule has 4 nitrogen and oxygen atoms in total. The van der Waals surface area contributed by atoms with Crippen LogP contribution in [-0.4, -0.2) is 41.5 Å². The Bertz CT molecular complexity index is 656. The summed E-state index contributed by atoms with van der Waals surface area (Å²) < 4.78 is 5.99. The second-order valence-corrected chi connectivity index (χ2v) is 7.18. The molecule has 1 aromatic rings. The first-order chi connectivity index (χ1) is 10.5. The lowest BCUT2D eigenvalue weighted by Gasteiger charge is -2.51. The summed E-state index contributed by atoms with van der Waals surface area (Å²) in [6, 6.07) is 4.15. The second-order valence-electron chi connectivity index (χ2n) is 7.18. The van der Waals surface area contributed by atoms with Gasteiger partial charge >= 0.3 is 0 Å². The number of aromatic hydroxyl groups is 1. The van der Waals surface area contributed by atoms with Gasteiger partial charge in [-0.05, 0) is 44.0 Å². The summed E-state index contributed by atoms with van der Waals surface area (Å²) in [5, 5.41) is 10.2. The van der Waals surface area contributed by atoms with E-state index in [-0.39, 0.29) is 16.9 Å². The first-order valence-corrected chi connectivity index (χ1v) is 8.23. The van der Waals surface area contributed by atoms with Crippen molar-refractivity contribution in [2.45, 2.75) is 50.7 Å². The maximum atomic E-state index is 12.5. The van der Waals surface area contributed by atoms with Gasteiger partial charge in [0.05, 0.1) is 0 Å². The highest BCUT2D eigenvalue weighted by atomic mass is 16.5. The number of phenols is 1. The third kappa shape index (κ3) is 1.54. The molecule has 4 atom stereocenters. The summed E-state index contributed by atoms with van der Waals surface area (Å²) >= 11 is 0. The van der Waals surface area contributed by atoms with Crippen molar-refractivity contribution in [1.29, 1.82) is 0 Å². The summed E-state index contributed by atoms with van der Waals surface area (Å²) in [5.74, 6) is 1.31. The Labute approximate surface area is 131 Å². The van der Waals surface area contributed by atoms with Crippen molar-refractivity contribution in [2.75, 3.05) is 13.6 Å². The van der Waals surface area contributed by atoms with Crippen LogP contribution in [0.15, 0.2) is 12.1 Å². The smallest absolute Gasteiger partial charge is 0.174 e. The largest absolute Gasteiger partial charge is 0.504 e. The predicted molar refractivity (Wildman–Crippen MR) is 83.4 cm³/mol. The lowest BCUT2D eigenvalue weighted by molar-refractivity contribution is -0.134. The van der Waals surface area contributed by atoms with Crippen LogP contribution in [0.5, 0.6) is 11.5 Å².